The molecule has 0 aliphatic carbocycles. The number of sulfonamides is 1. The summed E-state index contributed by atoms with van der Waals surface area (Å²) in [6, 6.07) is 10.1. The smallest absolute Gasteiger partial charge is 0.253 e. The fourth-order valence-corrected chi connectivity index (χ4v) is 6.23. The van der Waals surface area contributed by atoms with Crippen molar-refractivity contribution in [1.82, 2.24) is 20.1 Å². The van der Waals surface area contributed by atoms with Crippen LogP contribution in [0.3, 0.4) is 0 Å². The number of amides is 2. The summed E-state index contributed by atoms with van der Waals surface area (Å²) in [5.74, 6) is 1.66. The number of terminal acetylenes is 1. The van der Waals surface area contributed by atoms with Crippen LogP contribution in [-0.4, -0.2) is 84.4 Å². The molecule has 236 valence electrons. The number of rotatable bonds is 17. The van der Waals surface area contributed by atoms with Crippen LogP contribution in [-0.2, 0) is 16.4 Å². The van der Waals surface area contributed by atoms with Crippen molar-refractivity contribution in [3.63, 3.8) is 0 Å². The molecule has 4 N–H and O–H groups in total. The number of aliphatic hydroxyl groups excluding tert-OH is 1. The zero-order chi connectivity index (χ0) is 32.2. The van der Waals surface area contributed by atoms with E-state index >= 15 is 0 Å². The van der Waals surface area contributed by atoms with Crippen molar-refractivity contribution in [3.8, 4) is 18.1 Å². The minimum Gasteiger partial charge on any atom is -0.508 e. The summed E-state index contributed by atoms with van der Waals surface area (Å²) >= 11 is 0. The molecule has 10 nitrogen and oxygen atoms in total. The van der Waals surface area contributed by atoms with Crippen LogP contribution in [0.1, 0.15) is 79.3 Å². The number of hydrazine groups is 1. The summed E-state index contributed by atoms with van der Waals surface area (Å²) in [6.45, 7) is 10.6. The Labute approximate surface area is 256 Å². The van der Waals surface area contributed by atoms with Gasteiger partial charge in [0.15, 0.2) is 0 Å². The number of hydrogen-bond donors (Lipinski definition) is 4. The van der Waals surface area contributed by atoms with Gasteiger partial charge in [-0.15, -0.1) is 11.3 Å². The van der Waals surface area contributed by atoms with Gasteiger partial charge in [-0.1, -0.05) is 52.7 Å². The Morgan fingerprint density at radius 3 is 2.14 bits per heavy atom. The molecule has 0 bridgehead atoms. The number of likely N-dealkylation sites (N-methyl/N-ethyl adjacent to an activating group) is 1. The number of nitrogens with one attached hydrogen (secondary N) is 2. The Bertz CT molecular complexity index is 1350. The van der Waals surface area contributed by atoms with Gasteiger partial charge in [0.1, 0.15) is 5.75 Å². The zero-order valence-corrected chi connectivity index (χ0v) is 26.7. The predicted octanol–water partition coefficient (Wildman–Crippen LogP) is 3.15. The number of phenolic OH excluding ortho intramolecular Hbond substituents is 1. The molecular weight excluding hydrogens is 568 g/mol. The SMILES string of the molecule is C#Cc1cc(C(=O)NC(Cc2ccc(O)cc2)C(O)CN(CC)NS(=O)(=O)CC(C)C)cc(C(=O)N(CCC)CCC)c1. The average Bonchev–Trinajstić information content (AvgIpc) is 2.95. The Hall–Kier alpha value is -3.43. The van der Waals surface area contributed by atoms with Crippen molar-refractivity contribution in [2.45, 2.75) is 66.0 Å². The van der Waals surface area contributed by atoms with E-state index in [1.54, 1.807) is 43.9 Å². The number of nitrogens with zero attached hydrogens (tertiary/aromatic N) is 2. The van der Waals surface area contributed by atoms with E-state index in [0.717, 1.165) is 18.4 Å². The van der Waals surface area contributed by atoms with E-state index in [1.807, 2.05) is 13.8 Å². The molecule has 0 radical (unpaired) electrons. The van der Waals surface area contributed by atoms with Crippen molar-refractivity contribution in [3.05, 3.63) is 64.7 Å². The summed E-state index contributed by atoms with van der Waals surface area (Å²) in [5.41, 5.74) is 1.57. The van der Waals surface area contributed by atoms with Gasteiger partial charge in [0.25, 0.3) is 11.8 Å². The molecule has 2 aromatic rings. The fourth-order valence-electron chi connectivity index (χ4n) is 4.68. The number of hydrogen-bond acceptors (Lipinski definition) is 7. The van der Waals surface area contributed by atoms with Crippen LogP contribution in [0.4, 0.5) is 0 Å². The third kappa shape index (κ3) is 11.6. The highest BCUT2D eigenvalue weighted by Crippen LogP contribution is 2.17. The van der Waals surface area contributed by atoms with Gasteiger partial charge in [-0.05, 0) is 61.1 Å². The van der Waals surface area contributed by atoms with E-state index < -0.39 is 28.1 Å². The Kier molecular flexibility index (Phi) is 14.1. The molecule has 0 saturated heterocycles. The summed E-state index contributed by atoms with van der Waals surface area (Å²) in [5, 5.41) is 25.3. The second-order valence-electron chi connectivity index (χ2n) is 11.1. The molecule has 43 heavy (non-hydrogen) atoms. The summed E-state index contributed by atoms with van der Waals surface area (Å²) in [6.07, 6.45) is 6.23. The largest absolute Gasteiger partial charge is 0.508 e. The van der Waals surface area contributed by atoms with E-state index in [1.165, 1.54) is 29.3 Å². The maximum absolute atomic E-state index is 13.6. The van der Waals surface area contributed by atoms with Crippen molar-refractivity contribution >= 4 is 21.8 Å². The predicted molar refractivity (Wildman–Crippen MR) is 169 cm³/mol. The van der Waals surface area contributed by atoms with E-state index in [0.29, 0.717) is 24.2 Å². The first-order valence-corrected chi connectivity index (χ1v) is 16.4. The topological polar surface area (TPSA) is 139 Å². The van der Waals surface area contributed by atoms with Gasteiger partial charge in [0, 0.05) is 42.9 Å². The minimum absolute atomic E-state index is 0.0742. The first-order chi connectivity index (χ1) is 20.3. The highest BCUT2D eigenvalue weighted by molar-refractivity contribution is 7.89. The lowest BCUT2D eigenvalue weighted by Crippen LogP contribution is -2.53. The first kappa shape index (κ1) is 35.8. The molecule has 0 heterocycles. The van der Waals surface area contributed by atoms with E-state index in [-0.39, 0.29) is 48.4 Å². The lowest BCUT2D eigenvalue weighted by atomic mass is 9.99. The number of benzene rings is 2. The normalized spacial score (nSPS) is 13.0. The zero-order valence-electron chi connectivity index (χ0n) is 25.8. The Morgan fingerprint density at radius 1 is 1.00 bits per heavy atom. The van der Waals surface area contributed by atoms with Gasteiger partial charge < -0.3 is 20.4 Å². The van der Waals surface area contributed by atoms with Crippen molar-refractivity contribution in [2.24, 2.45) is 5.92 Å². The quantitative estimate of drug-likeness (QED) is 0.159. The monoisotopic (exact) mass is 614 g/mol. The van der Waals surface area contributed by atoms with Crippen LogP contribution in [0.2, 0.25) is 0 Å². The standard InChI is InChI=1S/C32H46N4O6S/c1-7-15-35(16-8-2)32(40)27-18-24(9-3)17-26(20-27)31(39)33-29(19-25-11-13-28(37)14-12-25)30(38)21-36(10-4)34-43(41,42)22-23(5)6/h3,11-14,17-18,20,23,29-30,34,37-38H,7-8,10,15-16,19,21-22H2,1-2,4-6H3,(H,33,39). The van der Waals surface area contributed by atoms with Crippen molar-refractivity contribution < 1.29 is 28.2 Å². The van der Waals surface area contributed by atoms with Crippen molar-refractivity contribution in [1.29, 1.82) is 0 Å². The second-order valence-corrected chi connectivity index (χ2v) is 12.8. The van der Waals surface area contributed by atoms with Crippen molar-refractivity contribution in [2.75, 3.05) is 31.9 Å². The van der Waals surface area contributed by atoms with Gasteiger partial charge in [-0.3, -0.25) is 9.59 Å². The van der Waals surface area contributed by atoms with Crippen LogP contribution in [0.15, 0.2) is 42.5 Å². The number of aromatic hydroxyl groups is 1. The Balaban J connectivity index is 2.38. The number of carbonyl (C=O) groups excluding carboxylic acids is 2. The summed E-state index contributed by atoms with van der Waals surface area (Å²) in [7, 11) is -3.63. The molecule has 0 aliphatic heterocycles. The molecular formula is C32H46N4O6S. The van der Waals surface area contributed by atoms with Crippen LogP contribution in [0, 0.1) is 18.3 Å². The molecule has 0 spiro atoms. The average molecular weight is 615 g/mol. The maximum atomic E-state index is 13.6. The number of phenols is 1. The van der Waals surface area contributed by atoms with E-state index in [4.69, 9.17) is 6.42 Å². The summed E-state index contributed by atoms with van der Waals surface area (Å²) in [4.78, 5) is 31.1. The van der Waals surface area contributed by atoms with E-state index in [2.05, 4.69) is 16.1 Å². The molecule has 2 atom stereocenters. The third-order valence-electron chi connectivity index (χ3n) is 6.67. The minimum atomic E-state index is -3.63. The first-order valence-electron chi connectivity index (χ1n) is 14.7. The van der Waals surface area contributed by atoms with Gasteiger partial charge in [-0.25, -0.2) is 13.4 Å². The molecule has 0 aromatic heterocycles. The lowest BCUT2D eigenvalue weighted by Gasteiger charge is -2.30. The van der Waals surface area contributed by atoms with Crippen LogP contribution >= 0.6 is 0 Å². The molecule has 0 saturated carbocycles. The van der Waals surface area contributed by atoms with Gasteiger partial charge in [0.2, 0.25) is 10.0 Å². The molecule has 11 heteroatoms. The molecule has 2 rings (SSSR count). The number of carbonyl (C=O) groups is 2. The fraction of sp³-hybridized carbons (Fsp3) is 0.500. The van der Waals surface area contributed by atoms with Gasteiger partial charge in [0.05, 0.1) is 17.9 Å². The van der Waals surface area contributed by atoms with Crippen LogP contribution in [0.25, 0.3) is 0 Å². The van der Waals surface area contributed by atoms with Gasteiger partial charge >= 0.3 is 0 Å². The number of aliphatic hydroxyl groups is 1. The van der Waals surface area contributed by atoms with E-state index in [9.17, 15) is 28.2 Å². The third-order valence-corrected chi connectivity index (χ3v) is 8.31. The lowest BCUT2D eigenvalue weighted by molar-refractivity contribution is 0.0634. The van der Waals surface area contributed by atoms with Crippen LogP contribution in [0.5, 0.6) is 5.75 Å². The molecule has 0 aliphatic rings. The maximum Gasteiger partial charge on any atom is 0.253 e. The molecule has 2 aromatic carbocycles. The second kappa shape index (κ2) is 17.0. The van der Waals surface area contributed by atoms with Gasteiger partial charge in [-0.2, -0.15) is 0 Å². The summed E-state index contributed by atoms with van der Waals surface area (Å²) < 4.78 is 25.1. The molecule has 2 amide bonds. The Morgan fingerprint density at radius 2 is 1.60 bits per heavy atom. The molecule has 2 unspecified atom stereocenters. The highest BCUT2D eigenvalue weighted by atomic mass is 32.2. The van der Waals surface area contributed by atoms with Crippen LogP contribution < -0.4 is 10.1 Å². The highest BCUT2D eigenvalue weighted by Gasteiger charge is 2.27. The molecule has 0 fully saturated rings.